The van der Waals surface area contributed by atoms with Gasteiger partial charge < -0.3 is 10.1 Å². The number of hydrogen-bond acceptors (Lipinski definition) is 2. The zero-order valence-corrected chi connectivity index (χ0v) is 11.2. The highest BCUT2D eigenvalue weighted by Crippen LogP contribution is 2.18. The number of aryl methyl sites for hydroxylation is 1. The molecule has 0 aromatic heterocycles. The van der Waals surface area contributed by atoms with Gasteiger partial charge in [-0.2, -0.15) is 0 Å². The second kappa shape index (κ2) is 6.34. The smallest absolute Gasteiger partial charge is 0.126 e. The Bertz CT molecular complexity index is 528. The topological polar surface area (TPSA) is 21.3 Å². The Hall–Kier alpha value is -1.87. The summed E-state index contributed by atoms with van der Waals surface area (Å²) in [5.74, 6) is 0.657. The van der Waals surface area contributed by atoms with Crippen molar-refractivity contribution >= 4 is 0 Å². The quantitative estimate of drug-likeness (QED) is 0.887. The molecule has 2 rings (SSSR count). The minimum atomic E-state index is -0.178. The van der Waals surface area contributed by atoms with Crippen LogP contribution in [0.25, 0.3) is 0 Å². The highest BCUT2D eigenvalue weighted by Gasteiger charge is 2.11. The maximum atomic E-state index is 13.3. The molecule has 0 radical (unpaired) electrons. The molecule has 2 nitrogen and oxygen atoms in total. The van der Waals surface area contributed by atoms with E-state index in [0.29, 0.717) is 12.2 Å². The van der Waals surface area contributed by atoms with Gasteiger partial charge in [0.15, 0.2) is 0 Å². The molecule has 2 aromatic rings. The van der Waals surface area contributed by atoms with Crippen LogP contribution in [-0.2, 0) is 0 Å². The van der Waals surface area contributed by atoms with Crippen LogP contribution < -0.4 is 10.1 Å². The molecule has 2 aromatic carbocycles. The molecular formula is C16H18FNO. The van der Waals surface area contributed by atoms with Crippen molar-refractivity contribution in [2.75, 3.05) is 13.7 Å². The number of nitrogens with one attached hydrogen (secondary N) is 1. The van der Waals surface area contributed by atoms with Gasteiger partial charge in [0.05, 0.1) is 6.04 Å². The van der Waals surface area contributed by atoms with E-state index in [-0.39, 0.29) is 11.9 Å². The Morgan fingerprint density at radius 2 is 1.89 bits per heavy atom. The SMILES string of the molecule is CNC(COc1ccccc1)c1ccc(F)c(C)c1. The first-order valence-corrected chi connectivity index (χ1v) is 6.32. The van der Waals surface area contributed by atoms with Gasteiger partial charge in [0.1, 0.15) is 18.2 Å². The molecule has 0 aliphatic rings. The van der Waals surface area contributed by atoms with Crippen molar-refractivity contribution in [2.24, 2.45) is 0 Å². The van der Waals surface area contributed by atoms with Crippen LogP contribution in [-0.4, -0.2) is 13.7 Å². The van der Waals surface area contributed by atoms with Crippen LogP contribution in [0.15, 0.2) is 48.5 Å². The third-order valence-corrected chi connectivity index (χ3v) is 3.09. The van der Waals surface area contributed by atoms with Crippen LogP contribution in [0.5, 0.6) is 5.75 Å². The number of hydrogen-bond donors (Lipinski definition) is 1. The number of halogens is 1. The van der Waals surface area contributed by atoms with Gasteiger partial charge in [0.25, 0.3) is 0 Å². The first-order valence-electron chi connectivity index (χ1n) is 6.32. The minimum Gasteiger partial charge on any atom is -0.492 e. The van der Waals surface area contributed by atoms with Crippen molar-refractivity contribution in [3.05, 3.63) is 65.5 Å². The minimum absolute atomic E-state index is 0.0412. The van der Waals surface area contributed by atoms with E-state index < -0.39 is 0 Å². The first-order chi connectivity index (χ1) is 9.20. The fourth-order valence-electron chi connectivity index (χ4n) is 1.93. The normalized spacial score (nSPS) is 12.2. The zero-order chi connectivity index (χ0) is 13.7. The number of ether oxygens (including phenoxy) is 1. The summed E-state index contributed by atoms with van der Waals surface area (Å²) in [4.78, 5) is 0. The highest BCUT2D eigenvalue weighted by molar-refractivity contribution is 5.27. The van der Waals surface area contributed by atoms with Crippen molar-refractivity contribution in [3.8, 4) is 5.75 Å². The Labute approximate surface area is 113 Å². The highest BCUT2D eigenvalue weighted by atomic mass is 19.1. The molecule has 1 atom stereocenters. The Morgan fingerprint density at radius 3 is 2.53 bits per heavy atom. The third-order valence-electron chi connectivity index (χ3n) is 3.09. The van der Waals surface area contributed by atoms with Gasteiger partial charge in [-0.1, -0.05) is 30.3 Å². The van der Waals surface area contributed by atoms with Crippen LogP contribution in [0.2, 0.25) is 0 Å². The number of rotatable bonds is 5. The molecule has 0 saturated carbocycles. The molecule has 0 bridgehead atoms. The molecule has 0 heterocycles. The fraction of sp³-hybridized carbons (Fsp3) is 0.250. The van der Waals surface area contributed by atoms with E-state index in [1.54, 1.807) is 13.0 Å². The molecule has 100 valence electrons. The van der Waals surface area contributed by atoms with E-state index in [1.165, 1.54) is 6.07 Å². The summed E-state index contributed by atoms with van der Waals surface area (Å²) in [7, 11) is 1.87. The fourth-order valence-corrected chi connectivity index (χ4v) is 1.93. The summed E-state index contributed by atoms with van der Waals surface area (Å²) in [5.41, 5.74) is 1.68. The third kappa shape index (κ3) is 3.55. The maximum absolute atomic E-state index is 13.3. The average molecular weight is 259 g/mol. The van der Waals surface area contributed by atoms with Gasteiger partial charge in [0, 0.05) is 0 Å². The monoisotopic (exact) mass is 259 g/mol. The van der Waals surface area contributed by atoms with Gasteiger partial charge in [0.2, 0.25) is 0 Å². The summed E-state index contributed by atoms with van der Waals surface area (Å²) in [6.45, 7) is 2.27. The van der Waals surface area contributed by atoms with Crippen LogP contribution in [0.1, 0.15) is 17.2 Å². The van der Waals surface area contributed by atoms with E-state index in [4.69, 9.17) is 4.74 Å². The van der Waals surface area contributed by atoms with E-state index in [9.17, 15) is 4.39 Å². The molecule has 1 N–H and O–H groups in total. The summed E-state index contributed by atoms with van der Waals surface area (Å²) in [6.07, 6.45) is 0. The average Bonchev–Trinajstić information content (AvgIpc) is 2.44. The summed E-state index contributed by atoms with van der Waals surface area (Å²) < 4.78 is 19.0. The molecule has 0 spiro atoms. The predicted octanol–water partition coefficient (Wildman–Crippen LogP) is 3.47. The van der Waals surface area contributed by atoms with Crippen molar-refractivity contribution < 1.29 is 9.13 Å². The standard InChI is InChI=1S/C16H18FNO/c1-12-10-13(8-9-15(12)17)16(18-2)11-19-14-6-4-3-5-7-14/h3-10,16,18H,11H2,1-2H3. The second-order valence-corrected chi connectivity index (χ2v) is 4.47. The number of benzene rings is 2. The van der Waals surface area contributed by atoms with Crippen molar-refractivity contribution in [2.45, 2.75) is 13.0 Å². The van der Waals surface area contributed by atoms with E-state index in [0.717, 1.165) is 11.3 Å². The van der Waals surface area contributed by atoms with Crippen LogP contribution in [0.3, 0.4) is 0 Å². The summed E-state index contributed by atoms with van der Waals surface area (Å²) in [5, 5.41) is 3.19. The summed E-state index contributed by atoms with van der Waals surface area (Å²) >= 11 is 0. The maximum Gasteiger partial charge on any atom is 0.126 e. The van der Waals surface area contributed by atoms with Crippen LogP contribution >= 0.6 is 0 Å². The lowest BCUT2D eigenvalue weighted by atomic mass is 10.0. The van der Waals surface area contributed by atoms with Crippen molar-refractivity contribution in [1.82, 2.24) is 5.32 Å². The van der Waals surface area contributed by atoms with Crippen molar-refractivity contribution in [1.29, 1.82) is 0 Å². The predicted molar refractivity (Wildman–Crippen MR) is 74.9 cm³/mol. The second-order valence-electron chi connectivity index (χ2n) is 4.47. The van der Waals surface area contributed by atoms with Crippen molar-refractivity contribution in [3.63, 3.8) is 0 Å². The lowest BCUT2D eigenvalue weighted by molar-refractivity contribution is 0.273. The van der Waals surface area contributed by atoms with E-state index >= 15 is 0 Å². The number of likely N-dealkylation sites (N-methyl/N-ethyl adjacent to an activating group) is 1. The molecule has 0 fully saturated rings. The molecule has 1 unspecified atom stereocenters. The van der Waals surface area contributed by atoms with Crippen LogP contribution in [0.4, 0.5) is 4.39 Å². The molecule has 0 aliphatic carbocycles. The molecule has 3 heteroatoms. The number of para-hydroxylation sites is 1. The van der Waals surface area contributed by atoms with Gasteiger partial charge in [-0.3, -0.25) is 0 Å². The molecule has 19 heavy (non-hydrogen) atoms. The van der Waals surface area contributed by atoms with Crippen LogP contribution in [0, 0.1) is 12.7 Å². The van der Waals surface area contributed by atoms with E-state index in [2.05, 4.69) is 5.32 Å². The summed E-state index contributed by atoms with van der Waals surface area (Å²) in [6, 6.07) is 14.8. The Balaban J connectivity index is 2.05. The molecule has 0 amide bonds. The van der Waals surface area contributed by atoms with Gasteiger partial charge in [-0.05, 0) is 43.3 Å². The molecule has 0 saturated heterocycles. The Kier molecular flexibility index (Phi) is 4.53. The lowest BCUT2D eigenvalue weighted by Crippen LogP contribution is -2.23. The lowest BCUT2D eigenvalue weighted by Gasteiger charge is -2.18. The largest absolute Gasteiger partial charge is 0.492 e. The van der Waals surface area contributed by atoms with Gasteiger partial charge >= 0.3 is 0 Å². The molecular weight excluding hydrogens is 241 g/mol. The first kappa shape index (κ1) is 13.6. The van der Waals surface area contributed by atoms with Gasteiger partial charge in [-0.15, -0.1) is 0 Å². The zero-order valence-electron chi connectivity index (χ0n) is 11.2. The Morgan fingerprint density at radius 1 is 1.16 bits per heavy atom. The van der Waals surface area contributed by atoms with Gasteiger partial charge in [-0.25, -0.2) is 4.39 Å². The van der Waals surface area contributed by atoms with E-state index in [1.807, 2.05) is 43.4 Å². The molecule has 0 aliphatic heterocycles.